The Hall–Kier alpha value is -2.28. The molecule has 0 nitrogen and oxygen atoms in total. The van der Waals surface area contributed by atoms with Crippen LogP contribution in [0, 0.1) is 5.82 Å². The molecule has 146 valence electrons. The molecule has 0 aliphatic carbocycles. The van der Waals surface area contributed by atoms with Gasteiger partial charge in [0.25, 0.3) is 0 Å². The Bertz CT molecular complexity index is 1020. The van der Waals surface area contributed by atoms with Gasteiger partial charge in [-0.3, -0.25) is 0 Å². The van der Waals surface area contributed by atoms with Crippen LogP contribution in [0.15, 0.2) is 115 Å². The van der Waals surface area contributed by atoms with E-state index in [9.17, 15) is 4.39 Å². The van der Waals surface area contributed by atoms with Gasteiger partial charge in [0.05, 0.1) is 0 Å². The van der Waals surface area contributed by atoms with Crippen molar-refractivity contribution in [2.45, 2.75) is 12.3 Å². The van der Waals surface area contributed by atoms with Gasteiger partial charge in [-0.1, -0.05) is 0 Å². The van der Waals surface area contributed by atoms with Crippen molar-refractivity contribution >= 4 is 31.4 Å². The van der Waals surface area contributed by atoms with Gasteiger partial charge >= 0.3 is 180 Å². The van der Waals surface area contributed by atoms with Crippen molar-refractivity contribution in [1.29, 1.82) is 0 Å². The Labute approximate surface area is 180 Å². The standard InChI is InChI=1S/C26H23BrFP/c27-29(25-12-6-2-7-13-25,26-14-8-3-9-15-26,20-22-10-4-1-5-11-22)21-23-16-18-24(28)19-17-23/h1-19H,20-21H2. The van der Waals surface area contributed by atoms with Gasteiger partial charge in [0.2, 0.25) is 0 Å². The van der Waals surface area contributed by atoms with E-state index in [4.69, 9.17) is 0 Å². The molecule has 0 aliphatic rings. The number of hydrogen-bond donors (Lipinski definition) is 0. The monoisotopic (exact) mass is 464 g/mol. The van der Waals surface area contributed by atoms with Crippen molar-refractivity contribution in [3.8, 4) is 0 Å². The van der Waals surface area contributed by atoms with E-state index < -0.39 is 5.31 Å². The Morgan fingerprint density at radius 2 is 0.897 bits per heavy atom. The van der Waals surface area contributed by atoms with Crippen molar-refractivity contribution in [2.75, 3.05) is 0 Å². The van der Waals surface area contributed by atoms with Crippen molar-refractivity contribution < 1.29 is 4.39 Å². The molecular weight excluding hydrogens is 442 g/mol. The molecule has 0 spiro atoms. The zero-order chi connectivity index (χ0) is 20.2. The van der Waals surface area contributed by atoms with E-state index in [0.717, 1.165) is 17.9 Å². The van der Waals surface area contributed by atoms with Crippen molar-refractivity contribution in [2.24, 2.45) is 0 Å². The summed E-state index contributed by atoms with van der Waals surface area (Å²) in [6.07, 6.45) is 1.70. The first-order chi connectivity index (χ1) is 14.1. The van der Waals surface area contributed by atoms with Gasteiger partial charge in [-0.15, -0.1) is 0 Å². The van der Waals surface area contributed by atoms with Crippen LogP contribution in [-0.2, 0) is 12.3 Å². The Morgan fingerprint density at radius 1 is 0.517 bits per heavy atom. The van der Waals surface area contributed by atoms with E-state index in [1.165, 1.54) is 16.2 Å². The zero-order valence-corrected chi connectivity index (χ0v) is 18.6. The first-order valence-corrected chi connectivity index (χ1v) is 14.3. The van der Waals surface area contributed by atoms with E-state index in [1.54, 1.807) is 12.1 Å². The third kappa shape index (κ3) is 4.06. The summed E-state index contributed by atoms with van der Waals surface area (Å²) in [4.78, 5) is 0. The maximum absolute atomic E-state index is 13.6. The SMILES string of the molecule is Fc1ccc(CP(Br)(Cc2ccccc2)(c2ccccc2)c2ccccc2)cc1. The molecular formula is C26H23BrFP. The van der Waals surface area contributed by atoms with E-state index in [-0.39, 0.29) is 5.82 Å². The average Bonchev–Trinajstić information content (AvgIpc) is 2.77. The van der Waals surface area contributed by atoms with Gasteiger partial charge in [0, 0.05) is 0 Å². The van der Waals surface area contributed by atoms with Crippen LogP contribution >= 0.6 is 20.8 Å². The maximum atomic E-state index is 13.6. The summed E-state index contributed by atoms with van der Waals surface area (Å²) in [5.41, 5.74) is 2.42. The number of hydrogen-bond acceptors (Lipinski definition) is 0. The van der Waals surface area contributed by atoms with Crippen LogP contribution in [0.3, 0.4) is 0 Å². The molecule has 3 heteroatoms. The van der Waals surface area contributed by atoms with Crippen LogP contribution in [0.4, 0.5) is 4.39 Å². The summed E-state index contributed by atoms with van der Waals surface area (Å²) in [7, 11) is 0. The van der Waals surface area contributed by atoms with Crippen molar-refractivity contribution in [1.82, 2.24) is 0 Å². The molecule has 29 heavy (non-hydrogen) atoms. The van der Waals surface area contributed by atoms with Crippen LogP contribution < -0.4 is 10.6 Å². The van der Waals surface area contributed by atoms with Crippen molar-refractivity contribution in [3.05, 3.63) is 132 Å². The fourth-order valence-corrected chi connectivity index (χ4v) is 12.0. The number of rotatable bonds is 6. The Balaban J connectivity index is 1.98. The molecule has 0 saturated carbocycles. The van der Waals surface area contributed by atoms with Gasteiger partial charge in [-0.25, -0.2) is 0 Å². The Kier molecular flexibility index (Phi) is 5.67. The quantitative estimate of drug-likeness (QED) is 0.268. The molecule has 0 amide bonds. The van der Waals surface area contributed by atoms with E-state index in [0.29, 0.717) is 0 Å². The second-order valence-electron chi connectivity index (χ2n) is 7.48. The molecule has 4 aromatic rings. The van der Waals surface area contributed by atoms with Crippen LogP contribution in [-0.4, -0.2) is 0 Å². The van der Waals surface area contributed by atoms with E-state index in [2.05, 4.69) is 106 Å². The van der Waals surface area contributed by atoms with Crippen molar-refractivity contribution in [3.63, 3.8) is 0 Å². The molecule has 0 unspecified atom stereocenters. The molecule has 0 aromatic heterocycles. The summed E-state index contributed by atoms with van der Waals surface area (Å²) >= 11 is 4.44. The summed E-state index contributed by atoms with van der Waals surface area (Å²) < 4.78 is 13.6. The molecule has 0 atom stereocenters. The number of halogens is 2. The molecule has 0 N–H and O–H groups in total. The van der Waals surface area contributed by atoms with E-state index >= 15 is 0 Å². The molecule has 0 heterocycles. The minimum atomic E-state index is -2.87. The molecule has 4 rings (SSSR count). The molecule has 0 radical (unpaired) electrons. The average molecular weight is 465 g/mol. The predicted octanol–water partition coefficient (Wildman–Crippen LogP) is 7.04. The van der Waals surface area contributed by atoms with Gasteiger partial charge < -0.3 is 0 Å². The molecule has 0 saturated heterocycles. The molecule has 0 fully saturated rings. The van der Waals surface area contributed by atoms with Gasteiger partial charge in [0.1, 0.15) is 0 Å². The van der Waals surface area contributed by atoms with Crippen LogP contribution in [0.25, 0.3) is 0 Å². The minimum absolute atomic E-state index is 0.203. The fourth-order valence-electron chi connectivity index (χ4n) is 4.04. The summed E-state index contributed by atoms with van der Waals surface area (Å²) in [6.45, 7) is 0. The summed E-state index contributed by atoms with van der Waals surface area (Å²) in [5, 5.41) is -0.263. The molecule has 0 aliphatic heterocycles. The predicted molar refractivity (Wildman–Crippen MR) is 128 cm³/mol. The van der Waals surface area contributed by atoms with Gasteiger partial charge in [-0.05, 0) is 0 Å². The molecule has 4 aromatic carbocycles. The second-order valence-corrected chi connectivity index (χ2v) is 17.0. The summed E-state index contributed by atoms with van der Waals surface area (Å²) in [5.74, 6) is -0.203. The van der Waals surface area contributed by atoms with Crippen LogP contribution in [0.2, 0.25) is 0 Å². The molecule has 0 bridgehead atoms. The zero-order valence-electron chi connectivity index (χ0n) is 16.1. The van der Waals surface area contributed by atoms with Gasteiger partial charge in [-0.2, -0.15) is 0 Å². The summed E-state index contributed by atoms with van der Waals surface area (Å²) in [6, 6.07) is 39.0. The van der Waals surface area contributed by atoms with Crippen LogP contribution in [0.5, 0.6) is 0 Å². The Morgan fingerprint density at radius 3 is 1.34 bits per heavy atom. The normalized spacial score (nSPS) is 12.8. The number of benzene rings is 4. The first kappa shape index (κ1) is 20.0. The van der Waals surface area contributed by atoms with Gasteiger partial charge in [0.15, 0.2) is 0 Å². The fraction of sp³-hybridized carbons (Fsp3) is 0.0769. The third-order valence-corrected chi connectivity index (χ3v) is 14.5. The third-order valence-electron chi connectivity index (χ3n) is 5.48. The topological polar surface area (TPSA) is 0 Å². The van der Waals surface area contributed by atoms with E-state index in [1.807, 2.05) is 12.1 Å². The van der Waals surface area contributed by atoms with Crippen LogP contribution in [0.1, 0.15) is 11.1 Å². The second kappa shape index (κ2) is 8.22. The first-order valence-electron chi connectivity index (χ1n) is 9.70.